The number of piperidine rings is 1. The van der Waals surface area contributed by atoms with Crippen molar-refractivity contribution in [1.82, 2.24) is 10.2 Å². The molecule has 3 fully saturated rings. The Kier molecular flexibility index (Phi) is 3.21. The van der Waals surface area contributed by atoms with Crippen molar-refractivity contribution in [1.29, 1.82) is 0 Å². The van der Waals surface area contributed by atoms with Gasteiger partial charge < -0.3 is 10.2 Å². The SMILES string of the molecule is CN1C2CCC1CC(NC1CCCCC1)C2. The van der Waals surface area contributed by atoms with Crippen LogP contribution in [0.4, 0.5) is 0 Å². The number of nitrogens with one attached hydrogen (secondary N) is 1. The number of nitrogens with zero attached hydrogens (tertiary/aromatic N) is 1. The molecule has 0 aromatic carbocycles. The summed E-state index contributed by atoms with van der Waals surface area (Å²) in [5.74, 6) is 0. The predicted octanol–water partition coefficient (Wildman–Crippen LogP) is 2.53. The minimum absolute atomic E-state index is 0.830. The van der Waals surface area contributed by atoms with E-state index in [4.69, 9.17) is 0 Å². The Bertz CT molecular complexity index is 221. The lowest BCUT2D eigenvalue weighted by molar-refractivity contribution is 0.139. The number of rotatable bonds is 2. The Labute approximate surface area is 99.8 Å². The van der Waals surface area contributed by atoms with Gasteiger partial charge in [0.05, 0.1) is 0 Å². The van der Waals surface area contributed by atoms with Gasteiger partial charge in [-0.05, 0) is 45.6 Å². The van der Waals surface area contributed by atoms with Crippen LogP contribution in [0.25, 0.3) is 0 Å². The average molecular weight is 222 g/mol. The Morgan fingerprint density at radius 2 is 1.44 bits per heavy atom. The molecular weight excluding hydrogens is 196 g/mol. The van der Waals surface area contributed by atoms with Crippen LogP contribution < -0.4 is 5.32 Å². The lowest BCUT2D eigenvalue weighted by atomic mass is 9.92. The van der Waals surface area contributed by atoms with E-state index in [1.165, 1.54) is 57.8 Å². The number of hydrogen-bond donors (Lipinski definition) is 1. The number of hydrogen-bond acceptors (Lipinski definition) is 2. The summed E-state index contributed by atoms with van der Waals surface area (Å²) in [5.41, 5.74) is 0. The van der Waals surface area contributed by atoms with E-state index in [0.29, 0.717) is 0 Å². The summed E-state index contributed by atoms with van der Waals surface area (Å²) < 4.78 is 0. The molecule has 1 aliphatic carbocycles. The van der Waals surface area contributed by atoms with E-state index in [1.807, 2.05) is 0 Å². The quantitative estimate of drug-likeness (QED) is 0.772. The molecular formula is C14H26N2. The van der Waals surface area contributed by atoms with Crippen molar-refractivity contribution in [3.63, 3.8) is 0 Å². The normalized spacial score (nSPS) is 41.4. The summed E-state index contributed by atoms with van der Waals surface area (Å²) in [6, 6.07) is 3.46. The monoisotopic (exact) mass is 222 g/mol. The Morgan fingerprint density at radius 1 is 0.812 bits per heavy atom. The molecule has 2 saturated heterocycles. The van der Waals surface area contributed by atoms with Crippen molar-refractivity contribution < 1.29 is 0 Å². The van der Waals surface area contributed by atoms with E-state index in [9.17, 15) is 0 Å². The predicted molar refractivity (Wildman–Crippen MR) is 67.6 cm³/mol. The molecule has 0 radical (unpaired) electrons. The van der Waals surface area contributed by atoms with Gasteiger partial charge in [0, 0.05) is 24.2 Å². The maximum Gasteiger partial charge on any atom is 0.0111 e. The highest BCUT2D eigenvalue weighted by Gasteiger charge is 2.38. The average Bonchev–Trinajstić information content (AvgIpc) is 2.54. The highest BCUT2D eigenvalue weighted by Crippen LogP contribution is 2.34. The molecule has 2 bridgehead atoms. The Morgan fingerprint density at radius 3 is 2.06 bits per heavy atom. The van der Waals surface area contributed by atoms with Gasteiger partial charge in [-0.1, -0.05) is 19.3 Å². The fraction of sp³-hybridized carbons (Fsp3) is 1.00. The van der Waals surface area contributed by atoms with Crippen molar-refractivity contribution in [3.8, 4) is 0 Å². The van der Waals surface area contributed by atoms with E-state index in [-0.39, 0.29) is 0 Å². The summed E-state index contributed by atoms with van der Waals surface area (Å²) in [7, 11) is 2.33. The number of fused-ring (bicyclic) bond motifs is 2. The second-order valence-corrected chi connectivity index (χ2v) is 6.22. The van der Waals surface area contributed by atoms with Gasteiger partial charge in [0.2, 0.25) is 0 Å². The van der Waals surface area contributed by atoms with E-state index in [1.54, 1.807) is 0 Å². The molecule has 2 heteroatoms. The summed E-state index contributed by atoms with van der Waals surface area (Å²) in [6.45, 7) is 0. The van der Waals surface area contributed by atoms with Gasteiger partial charge in [-0.25, -0.2) is 0 Å². The third kappa shape index (κ3) is 2.14. The summed E-state index contributed by atoms with van der Waals surface area (Å²) in [6.07, 6.45) is 13.0. The van der Waals surface area contributed by atoms with Crippen LogP contribution in [0.5, 0.6) is 0 Å². The maximum atomic E-state index is 3.95. The van der Waals surface area contributed by atoms with Crippen molar-refractivity contribution in [3.05, 3.63) is 0 Å². The van der Waals surface area contributed by atoms with Gasteiger partial charge >= 0.3 is 0 Å². The first-order chi connectivity index (χ1) is 7.83. The standard InChI is InChI=1S/C14H26N2/c1-16-13-7-8-14(16)10-12(9-13)15-11-5-3-2-4-6-11/h11-15H,2-10H2,1H3. The summed E-state index contributed by atoms with van der Waals surface area (Å²) in [5, 5.41) is 3.95. The zero-order chi connectivity index (χ0) is 11.0. The molecule has 92 valence electrons. The van der Waals surface area contributed by atoms with Gasteiger partial charge in [-0.2, -0.15) is 0 Å². The van der Waals surface area contributed by atoms with E-state index >= 15 is 0 Å². The third-order valence-corrected chi connectivity index (χ3v) is 5.17. The van der Waals surface area contributed by atoms with Crippen LogP contribution >= 0.6 is 0 Å². The third-order valence-electron chi connectivity index (χ3n) is 5.17. The van der Waals surface area contributed by atoms with Gasteiger partial charge in [0.1, 0.15) is 0 Å². The highest BCUT2D eigenvalue weighted by atomic mass is 15.2. The smallest absolute Gasteiger partial charge is 0.0111 e. The highest BCUT2D eigenvalue weighted by molar-refractivity contribution is 4.96. The van der Waals surface area contributed by atoms with Crippen molar-refractivity contribution in [2.75, 3.05) is 7.05 Å². The van der Waals surface area contributed by atoms with Gasteiger partial charge in [0.25, 0.3) is 0 Å². The van der Waals surface area contributed by atoms with Crippen molar-refractivity contribution >= 4 is 0 Å². The van der Waals surface area contributed by atoms with Crippen LogP contribution in [0.3, 0.4) is 0 Å². The molecule has 1 N–H and O–H groups in total. The van der Waals surface area contributed by atoms with Crippen molar-refractivity contribution in [2.45, 2.75) is 82.0 Å². The first kappa shape index (κ1) is 11.0. The minimum atomic E-state index is 0.830. The van der Waals surface area contributed by atoms with E-state index in [0.717, 1.165) is 24.2 Å². The molecule has 2 heterocycles. The van der Waals surface area contributed by atoms with Crippen LogP contribution in [0.2, 0.25) is 0 Å². The fourth-order valence-corrected chi connectivity index (χ4v) is 4.15. The first-order valence-corrected chi connectivity index (χ1v) is 7.31. The minimum Gasteiger partial charge on any atom is -0.311 e. The molecule has 2 nitrogen and oxygen atoms in total. The molecule has 0 aromatic rings. The molecule has 2 aliphatic heterocycles. The van der Waals surface area contributed by atoms with Gasteiger partial charge in [-0.3, -0.25) is 0 Å². The van der Waals surface area contributed by atoms with Crippen LogP contribution in [-0.2, 0) is 0 Å². The van der Waals surface area contributed by atoms with Crippen molar-refractivity contribution in [2.24, 2.45) is 0 Å². The zero-order valence-corrected chi connectivity index (χ0v) is 10.6. The molecule has 0 aromatic heterocycles. The lowest BCUT2D eigenvalue weighted by Crippen LogP contribution is -2.50. The van der Waals surface area contributed by atoms with Crippen LogP contribution in [0.15, 0.2) is 0 Å². The largest absolute Gasteiger partial charge is 0.311 e. The zero-order valence-electron chi connectivity index (χ0n) is 10.6. The molecule has 3 rings (SSSR count). The van der Waals surface area contributed by atoms with Crippen LogP contribution in [-0.4, -0.2) is 36.1 Å². The fourth-order valence-electron chi connectivity index (χ4n) is 4.15. The molecule has 16 heavy (non-hydrogen) atoms. The van der Waals surface area contributed by atoms with E-state index in [2.05, 4.69) is 17.3 Å². The topological polar surface area (TPSA) is 15.3 Å². The van der Waals surface area contributed by atoms with E-state index < -0.39 is 0 Å². The molecule has 0 amide bonds. The summed E-state index contributed by atoms with van der Waals surface area (Å²) in [4.78, 5) is 2.64. The lowest BCUT2D eigenvalue weighted by Gasteiger charge is -2.39. The van der Waals surface area contributed by atoms with Crippen LogP contribution in [0, 0.1) is 0 Å². The Hall–Kier alpha value is -0.0800. The summed E-state index contributed by atoms with van der Waals surface area (Å²) >= 11 is 0. The molecule has 2 unspecified atom stereocenters. The van der Waals surface area contributed by atoms with Gasteiger partial charge in [-0.15, -0.1) is 0 Å². The van der Waals surface area contributed by atoms with Gasteiger partial charge in [0.15, 0.2) is 0 Å². The molecule has 2 atom stereocenters. The maximum absolute atomic E-state index is 3.95. The second-order valence-electron chi connectivity index (χ2n) is 6.22. The Balaban J connectivity index is 1.53. The molecule has 0 spiro atoms. The molecule has 1 saturated carbocycles. The first-order valence-electron chi connectivity index (χ1n) is 7.31. The second kappa shape index (κ2) is 4.66. The molecule has 3 aliphatic rings. The van der Waals surface area contributed by atoms with Crippen LogP contribution in [0.1, 0.15) is 57.8 Å².